The maximum absolute atomic E-state index is 8.88. The summed E-state index contributed by atoms with van der Waals surface area (Å²) in [6, 6.07) is 9.80. The standard InChI is InChI=1S/C17H21ClN4O/c18-14-6-2-12(3-7-14)11-20-16-10-15(13-4-5-13)21-17(22-16)19-8-1-9-23/h2-3,6-7,10,13,23H,1,4-5,8-9,11H2,(H2,19,20,21,22). The number of aromatic nitrogens is 2. The van der Waals surface area contributed by atoms with Crippen LogP contribution in [0.1, 0.15) is 36.4 Å². The van der Waals surface area contributed by atoms with Crippen LogP contribution in [0.25, 0.3) is 0 Å². The fourth-order valence-corrected chi connectivity index (χ4v) is 2.42. The van der Waals surface area contributed by atoms with Gasteiger partial charge in [-0.3, -0.25) is 0 Å². The zero-order valence-corrected chi connectivity index (χ0v) is 13.7. The van der Waals surface area contributed by atoms with Gasteiger partial charge in [-0.05, 0) is 37.0 Å². The van der Waals surface area contributed by atoms with E-state index in [1.165, 1.54) is 12.8 Å². The van der Waals surface area contributed by atoms with Crippen molar-refractivity contribution in [3.8, 4) is 0 Å². The van der Waals surface area contributed by atoms with Crippen LogP contribution in [0.2, 0.25) is 5.02 Å². The lowest BCUT2D eigenvalue weighted by molar-refractivity contribution is 0.292. The van der Waals surface area contributed by atoms with Crippen LogP contribution in [0.5, 0.6) is 0 Å². The molecular weight excluding hydrogens is 312 g/mol. The highest BCUT2D eigenvalue weighted by Gasteiger charge is 2.26. The maximum atomic E-state index is 8.88. The third-order valence-corrected chi connectivity index (χ3v) is 4.00. The lowest BCUT2D eigenvalue weighted by Crippen LogP contribution is -2.10. The van der Waals surface area contributed by atoms with E-state index in [0.29, 0.717) is 31.4 Å². The zero-order valence-electron chi connectivity index (χ0n) is 12.9. The van der Waals surface area contributed by atoms with Crippen molar-refractivity contribution >= 4 is 23.4 Å². The quantitative estimate of drug-likeness (QED) is 0.646. The average Bonchev–Trinajstić information content (AvgIpc) is 3.39. The summed E-state index contributed by atoms with van der Waals surface area (Å²) in [6.45, 7) is 1.52. The molecule has 122 valence electrons. The molecule has 5 nitrogen and oxygen atoms in total. The summed E-state index contributed by atoms with van der Waals surface area (Å²) in [5.74, 6) is 2.01. The minimum Gasteiger partial charge on any atom is -0.396 e. The number of halogens is 1. The molecule has 3 rings (SSSR count). The van der Waals surface area contributed by atoms with E-state index in [9.17, 15) is 0 Å². The third kappa shape index (κ3) is 4.81. The molecule has 0 aliphatic heterocycles. The van der Waals surface area contributed by atoms with Crippen molar-refractivity contribution in [2.75, 3.05) is 23.8 Å². The van der Waals surface area contributed by atoms with Gasteiger partial charge in [-0.25, -0.2) is 4.98 Å². The first-order valence-electron chi connectivity index (χ1n) is 7.96. The molecule has 1 saturated carbocycles. The minimum absolute atomic E-state index is 0.164. The molecule has 0 radical (unpaired) electrons. The summed E-state index contributed by atoms with van der Waals surface area (Å²) in [7, 11) is 0. The van der Waals surface area contributed by atoms with Crippen LogP contribution in [0.4, 0.5) is 11.8 Å². The molecule has 1 heterocycles. The maximum Gasteiger partial charge on any atom is 0.224 e. The van der Waals surface area contributed by atoms with Gasteiger partial charge in [0.25, 0.3) is 0 Å². The minimum atomic E-state index is 0.164. The Labute approximate surface area is 141 Å². The van der Waals surface area contributed by atoms with Gasteiger partial charge in [-0.15, -0.1) is 0 Å². The van der Waals surface area contributed by atoms with E-state index in [4.69, 9.17) is 16.7 Å². The number of aliphatic hydroxyl groups is 1. The zero-order chi connectivity index (χ0) is 16.1. The Bertz CT molecular complexity index is 644. The topological polar surface area (TPSA) is 70.1 Å². The fourth-order valence-electron chi connectivity index (χ4n) is 2.30. The molecular formula is C17H21ClN4O. The van der Waals surface area contributed by atoms with Gasteiger partial charge >= 0.3 is 0 Å². The largest absolute Gasteiger partial charge is 0.396 e. The number of aliphatic hydroxyl groups excluding tert-OH is 1. The highest BCUT2D eigenvalue weighted by molar-refractivity contribution is 6.30. The number of rotatable bonds is 8. The molecule has 6 heteroatoms. The third-order valence-electron chi connectivity index (χ3n) is 3.75. The summed E-state index contributed by atoms with van der Waals surface area (Å²) >= 11 is 5.91. The number of nitrogens with zero attached hydrogens (tertiary/aromatic N) is 2. The number of hydrogen-bond acceptors (Lipinski definition) is 5. The molecule has 3 N–H and O–H groups in total. The molecule has 0 atom stereocenters. The van der Waals surface area contributed by atoms with Crippen molar-refractivity contribution in [1.82, 2.24) is 9.97 Å². The van der Waals surface area contributed by atoms with Crippen molar-refractivity contribution in [3.63, 3.8) is 0 Å². The molecule has 2 aromatic rings. The lowest BCUT2D eigenvalue weighted by atomic mass is 10.2. The Morgan fingerprint density at radius 2 is 1.91 bits per heavy atom. The molecule has 0 spiro atoms. The van der Waals surface area contributed by atoms with Crippen molar-refractivity contribution in [2.24, 2.45) is 0 Å². The Kier molecular flexibility index (Phi) is 5.31. The van der Waals surface area contributed by atoms with Gasteiger partial charge in [0.1, 0.15) is 5.82 Å². The van der Waals surface area contributed by atoms with Gasteiger partial charge in [0.2, 0.25) is 5.95 Å². The van der Waals surface area contributed by atoms with Crippen LogP contribution in [0.3, 0.4) is 0 Å². The van der Waals surface area contributed by atoms with Crippen LogP contribution >= 0.6 is 11.6 Å². The van der Waals surface area contributed by atoms with Crippen molar-refractivity contribution in [2.45, 2.75) is 31.7 Å². The Morgan fingerprint density at radius 1 is 1.13 bits per heavy atom. The second kappa shape index (κ2) is 7.62. The smallest absolute Gasteiger partial charge is 0.224 e. The summed E-state index contributed by atoms with van der Waals surface area (Å²) in [5.41, 5.74) is 2.24. The van der Waals surface area contributed by atoms with E-state index < -0.39 is 0 Å². The van der Waals surface area contributed by atoms with Crippen LogP contribution in [0.15, 0.2) is 30.3 Å². The highest BCUT2D eigenvalue weighted by Crippen LogP contribution is 2.39. The highest BCUT2D eigenvalue weighted by atomic mass is 35.5. The van der Waals surface area contributed by atoms with Crippen LogP contribution in [0, 0.1) is 0 Å². The molecule has 0 saturated heterocycles. The summed E-state index contributed by atoms with van der Waals surface area (Å²) in [6.07, 6.45) is 3.08. The molecule has 1 aliphatic rings. The predicted octanol–water partition coefficient (Wildman–Crippen LogP) is 3.41. The first-order valence-corrected chi connectivity index (χ1v) is 8.34. The molecule has 0 unspecified atom stereocenters. The summed E-state index contributed by atoms with van der Waals surface area (Å²) in [4.78, 5) is 9.08. The normalized spacial score (nSPS) is 13.8. The Hall–Kier alpha value is -1.85. The molecule has 1 fully saturated rings. The van der Waals surface area contributed by atoms with E-state index in [1.807, 2.05) is 30.3 Å². The summed E-state index contributed by atoms with van der Waals surface area (Å²) in [5, 5.41) is 16.1. The lowest BCUT2D eigenvalue weighted by Gasteiger charge is -2.11. The van der Waals surface area contributed by atoms with E-state index in [0.717, 1.165) is 22.1 Å². The molecule has 0 bridgehead atoms. The molecule has 0 amide bonds. The van der Waals surface area contributed by atoms with Crippen molar-refractivity contribution in [1.29, 1.82) is 0 Å². The fraction of sp³-hybridized carbons (Fsp3) is 0.412. The SMILES string of the molecule is OCCCNc1nc(NCc2ccc(Cl)cc2)cc(C2CC2)n1. The number of hydrogen-bond donors (Lipinski definition) is 3. The van der Waals surface area contributed by atoms with Gasteiger partial charge in [-0.2, -0.15) is 4.98 Å². The van der Waals surface area contributed by atoms with Gasteiger partial charge in [0, 0.05) is 36.7 Å². The molecule has 1 aliphatic carbocycles. The second-order valence-corrected chi connectivity index (χ2v) is 6.20. The van der Waals surface area contributed by atoms with Crippen molar-refractivity contribution < 1.29 is 5.11 Å². The molecule has 1 aromatic heterocycles. The van der Waals surface area contributed by atoms with E-state index in [2.05, 4.69) is 20.6 Å². The number of benzene rings is 1. The van der Waals surface area contributed by atoms with Gasteiger partial charge in [-0.1, -0.05) is 23.7 Å². The van der Waals surface area contributed by atoms with Gasteiger partial charge in [0.05, 0.1) is 5.69 Å². The first kappa shape index (κ1) is 16.0. The van der Waals surface area contributed by atoms with E-state index in [1.54, 1.807) is 0 Å². The summed E-state index contributed by atoms with van der Waals surface area (Å²) < 4.78 is 0. The Balaban J connectivity index is 1.68. The van der Waals surface area contributed by atoms with E-state index >= 15 is 0 Å². The average molecular weight is 333 g/mol. The van der Waals surface area contributed by atoms with Crippen molar-refractivity contribution in [3.05, 3.63) is 46.6 Å². The number of nitrogens with one attached hydrogen (secondary N) is 2. The van der Waals surface area contributed by atoms with E-state index in [-0.39, 0.29) is 6.61 Å². The molecule has 1 aromatic carbocycles. The van der Waals surface area contributed by atoms with Gasteiger partial charge in [0.15, 0.2) is 0 Å². The number of anilines is 2. The Morgan fingerprint density at radius 3 is 2.61 bits per heavy atom. The van der Waals surface area contributed by atoms with Gasteiger partial charge < -0.3 is 15.7 Å². The monoisotopic (exact) mass is 332 g/mol. The first-order chi connectivity index (χ1) is 11.2. The second-order valence-electron chi connectivity index (χ2n) is 5.76. The molecule has 23 heavy (non-hydrogen) atoms. The predicted molar refractivity (Wildman–Crippen MR) is 93.0 cm³/mol. The van der Waals surface area contributed by atoms with Crippen LogP contribution in [-0.4, -0.2) is 28.2 Å². The van der Waals surface area contributed by atoms with Crippen LogP contribution in [-0.2, 0) is 6.54 Å². The van der Waals surface area contributed by atoms with Crippen LogP contribution < -0.4 is 10.6 Å².